The van der Waals surface area contributed by atoms with Crippen molar-refractivity contribution in [2.24, 2.45) is 0 Å². The number of hydrogen-bond donors (Lipinski definition) is 1. The summed E-state index contributed by atoms with van der Waals surface area (Å²) in [5, 5.41) is 4.31. The summed E-state index contributed by atoms with van der Waals surface area (Å²) in [6.45, 7) is 6.94. The lowest BCUT2D eigenvalue weighted by Gasteiger charge is -2.22. The zero-order chi connectivity index (χ0) is 24.0. The SMILES string of the molecule is CC(C)(C)OC(=O)NC1CCN(c2ccc3cc(-c4cn5cc(Cl)ccc5n4)c(=O)oc3c2)C1. The van der Waals surface area contributed by atoms with Gasteiger partial charge in [0.15, 0.2) is 0 Å². The highest BCUT2D eigenvalue weighted by molar-refractivity contribution is 6.30. The van der Waals surface area contributed by atoms with Crippen molar-refractivity contribution in [2.75, 3.05) is 18.0 Å². The second-order valence-corrected chi connectivity index (χ2v) is 9.92. The third kappa shape index (κ3) is 4.59. The molecule has 0 saturated carbocycles. The maximum Gasteiger partial charge on any atom is 0.407 e. The van der Waals surface area contributed by atoms with Gasteiger partial charge < -0.3 is 23.8 Å². The lowest BCUT2D eigenvalue weighted by atomic mass is 10.1. The fraction of sp³-hybridized carbons (Fsp3) is 0.320. The highest BCUT2D eigenvalue weighted by Crippen LogP contribution is 2.27. The van der Waals surface area contributed by atoms with Gasteiger partial charge in [-0.05, 0) is 57.5 Å². The predicted octanol–water partition coefficient (Wildman–Crippen LogP) is 4.86. The third-order valence-corrected chi connectivity index (χ3v) is 5.91. The Morgan fingerprint density at radius 1 is 1.21 bits per heavy atom. The van der Waals surface area contributed by atoms with Crippen molar-refractivity contribution < 1.29 is 13.9 Å². The molecule has 0 spiro atoms. The predicted molar refractivity (Wildman–Crippen MR) is 132 cm³/mol. The molecule has 34 heavy (non-hydrogen) atoms. The van der Waals surface area contributed by atoms with Crippen LogP contribution in [0.4, 0.5) is 10.5 Å². The van der Waals surface area contributed by atoms with E-state index in [0.717, 1.165) is 24.0 Å². The normalized spacial score (nSPS) is 16.4. The van der Waals surface area contributed by atoms with E-state index in [-0.39, 0.29) is 6.04 Å². The molecule has 1 atom stereocenters. The number of rotatable bonds is 3. The van der Waals surface area contributed by atoms with E-state index in [1.807, 2.05) is 39.0 Å². The second kappa shape index (κ2) is 8.36. The molecule has 3 aromatic heterocycles. The van der Waals surface area contributed by atoms with Crippen LogP contribution in [0.3, 0.4) is 0 Å². The molecule has 1 aliphatic heterocycles. The smallest absolute Gasteiger partial charge is 0.407 e. The number of amides is 1. The Kier molecular flexibility index (Phi) is 5.48. The van der Waals surface area contributed by atoms with Crippen LogP contribution < -0.4 is 15.8 Å². The highest BCUT2D eigenvalue weighted by atomic mass is 35.5. The largest absolute Gasteiger partial charge is 0.444 e. The molecule has 0 radical (unpaired) electrons. The number of nitrogens with one attached hydrogen (secondary N) is 1. The van der Waals surface area contributed by atoms with E-state index in [2.05, 4.69) is 15.2 Å². The van der Waals surface area contributed by atoms with Crippen LogP contribution >= 0.6 is 11.6 Å². The van der Waals surface area contributed by atoms with E-state index in [4.69, 9.17) is 20.8 Å². The molecule has 1 amide bonds. The molecule has 1 N–H and O–H groups in total. The molecular formula is C25H25ClN4O4. The summed E-state index contributed by atoms with van der Waals surface area (Å²) in [4.78, 5) is 31.5. The van der Waals surface area contributed by atoms with Gasteiger partial charge in [-0.3, -0.25) is 0 Å². The number of halogens is 1. The van der Waals surface area contributed by atoms with E-state index in [1.54, 1.807) is 35.0 Å². The quantitative estimate of drug-likeness (QED) is 0.421. The minimum Gasteiger partial charge on any atom is -0.444 e. The summed E-state index contributed by atoms with van der Waals surface area (Å²) < 4.78 is 12.8. The minimum absolute atomic E-state index is 0.0107. The molecule has 4 heterocycles. The molecule has 1 saturated heterocycles. The molecule has 176 valence electrons. The zero-order valence-electron chi connectivity index (χ0n) is 19.2. The van der Waals surface area contributed by atoms with Gasteiger partial charge >= 0.3 is 11.7 Å². The van der Waals surface area contributed by atoms with Crippen LogP contribution in [0.1, 0.15) is 27.2 Å². The van der Waals surface area contributed by atoms with Crippen LogP contribution in [0.25, 0.3) is 27.9 Å². The fourth-order valence-electron chi connectivity index (χ4n) is 4.16. The molecule has 1 fully saturated rings. The zero-order valence-corrected chi connectivity index (χ0v) is 19.9. The van der Waals surface area contributed by atoms with Crippen molar-refractivity contribution in [2.45, 2.75) is 38.8 Å². The number of fused-ring (bicyclic) bond motifs is 2. The molecule has 1 aromatic carbocycles. The Labute approximate surface area is 201 Å². The van der Waals surface area contributed by atoms with Gasteiger partial charge in [-0.25, -0.2) is 14.6 Å². The lowest BCUT2D eigenvalue weighted by Crippen LogP contribution is -2.40. The molecule has 8 nitrogen and oxygen atoms in total. The summed E-state index contributed by atoms with van der Waals surface area (Å²) >= 11 is 6.05. The van der Waals surface area contributed by atoms with Gasteiger partial charge in [-0.2, -0.15) is 0 Å². The average molecular weight is 481 g/mol. The number of benzene rings is 1. The molecule has 0 aliphatic carbocycles. The van der Waals surface area contributed by atoms with Crippen LogP contribution in [0.5, 0.6) is 0 Å². The fourth-order valence-corrected chi connectivity index (χ4v) is 4.32. The number of carbonyl (C=O) groups is 1. The van der Waals surface area contributed by atoms with Crippen LogP contribution in [0, 0.1) is 0 Å². The number of aromatic nitrogens is 2. The topological polar surface area (TPSA) is 89.1 Å². The minimum atomic E-state index is -0.534. The molecule has 5 rings (SSSR count). The molecule has 0 bridgehead atoms. The average Bonchev–Trinajstić information content (AvgIpc) is 3.38. The number of alkyl carbamates (subject to hydrolysis) is 1. The molecule has 9 heteroatoms. The standard InChI is InChI=1S/C25H25ClN4O4/c1-25(2,3)34-24(32)27-17-8-9-29(13-17)18-6-4-15-10-19(23(31)33-21(15)11-18)20-14-30-12-16(26)5-7-22(30)28-20/h4-7,10-12,14,17H,8-9,13H2,1-3H3,(H,27,32). The summed E-state index contributed by atoms with van der Waals surface area (Å²) in [7, 11) is 0. The van der Waals surface area contributed by atoms with Gasteiger partial charge in [0.2, 0.25) is 0 Å². The van der Waals surface area contributed by atoms with Gasteiger partial charge in [-0.15, -0.1) is 0 Å². The number of imidazole rings is 1. The van der Waals surface area contributed by atoms with E-state index in [9.17, 15) is 9.59 Å². The summed E-state index contributed by atoms with van der Waals surface area (Å²) in [5.74, 6) is 0. The van der Waals surface area contributed by atoms with E-state index >= 15 is 0 Å². The molecule has 1 aliphatic rings. The van der Waals surface area contributed by atoms with E-state index < -0.39 is 17.3 Å². The summed E-state index contributed by atoms with van der Waals surface area (Å²) in [6, 6.07) is 11.1. The number of nitrogens with zero attached hydrogens (tertiary/aromatic N) is 3. The van der Waals surface area contributed by atoms with Crippen molar-refractivity contribution in [1.29, 1.82) is 0 Å². The Morgan fingerprint density at radius 3 is 2.82 bits per heavy atom. The number of ether oxygens (including phenoxy) is 1. The van der Waals surface area contributed by atoms with Gasteiger partial charge in [0.25, 0.3) is 0 Å². The van der Waals surface area contributed by atoms with Gasteiger partial charge in [0.05, 0.1) is 22.3 Å². The Hall–Kier alpha value is -3.52. The second-order valence-electron chi connectivity index (χ2n) is 9.49. The number of pyridine rings is 1. The Bertz CT molecular complexity index is 1450. The molecule has 1 unspecified atom stereocenters. The van der Waals surface area contributed by atoms with Gasteiger partial charge in [-0.1, -0.05) is 11.6 Å². The van der Waals surface area contributed by atoms with Gasteiger partial charge in [0, 0.05) is 42.6 Å². The van der Waals surface area contributed by atoms with Crippen LogP contribution in [0.2, 0.25) is 5.02 Å². The molecule has 4 aromatic rings. The Balaban J connectivity index is 1.36. The van der Waals surface area contributed by atoms with Crippen LogP contribution in [-0.4, -0.2) is 40.2 Å². The van der Waals surface area contributed by atoms with Crippen molar-refractivity contribution in [3.8, 4) is 11.3 Å². The first-order valence-corrected chi connectivity index (χ1v) is 11.5. The van der Waals surface area contributed by atoms with Crippen molar-refractivity contribution in [3.05, 3.63) is 64.2 Å². The van der Waals surface area contributed by atoms with Crippen molar-refractivity contribution >= 4 is 40.0 Å². The lowest BCUT2D eigenvalue weighted by molar-refractivity contribution is 0.0509. The van der Waals surface area contributed by atoms with E-state index in [0.29, 0.717) is 34.1 Å². The number of carbonyl (C=O) groups excluding carboxylic acids is 1. The maximum absolute atomic E-state index is 12.8. The van der Waals surface area contributed by atoms with Gasteiger partial charge in [0.1, 0.15) is 16.8 Å². The van der Waals surface area contributed by atoms with Crippen molar-refractivity contribution in [3.63, 3.8) is 0 Å². The third-order valence-electron chi connectivity index (χ3n) is 5.68. The first kappa shape index (κ1) is 22.3. The number of hydrogen-bond acceptors (Lipinski definition) is 6. The van der Waals surface area contributed by atoms with Crippen LogP contribution in [0.15, 0.2) is 58.0 Å². The van der Waals surface area contributed by atoms with E-state index in [1.165, 1.54) is 0 Å². The first-order chi connectivity index (χ1) is 16.1. The Morgan fingerprint density at radius 2 is 2.03 bits per heavy atom. The van der Waals surface area contributed by atoms with Crippen molar-refractivity contribution in [1.82, 2.24) is 14.7 Å². The first-order valence-electron chi connectivity index (χ1n) is 11.1. The summed E-state index contributed by atoms with van der Waals surface area (Å²) in [5.41, 5.74) is 2.05. The highest BCUT2D eigenvalue weighted by Gasteiger charge is 2.26. The van der Waals surface area contributed by atoms with Crippen LogP contribution in [-0.2, 0) is 4.74 Å². The maximum atomic E-state index is 12.8. The summed E-state index contributed by atoms with van der Waals surface area (Å²) in [6.07, 6.45) is 3.89. The monoisotopic (exact) mass is 480 g/mol. The molecular weight excluding hydrogens is 456 g/mol. The number of anilines is 1.